The van der Waals surface area contributed by atoms with Gasteiger partial charge in [-0.2, -0.15) is 13.9 Å². The van der Waals surface area contributed by atoms with E-state index in [1.807, 2.05) is 0 Å². The van der Waals surface area contributed by atoms with Crippen molar-refractivity contribution in [2.24, 2.45) is 7.05 Å². The molecular formula is C13H12F2N2O3. The van der Waals surface area contributed by atoms with Crippen LogP contribution in [0.3, 0.4) is 0 Å². The summed E-state index contributed by atoms with van der Waals surface area (Å²) in [5.41, 5.74) is 0.900. The molecule has 20 heavy (non-hydrogen) atoms. The molecule has 5 nitrogen and oxygen atoms in total. The number of aromatic carboxylic acids is 1. The quantitative estimate of drug-likeness (QED) is 0.936. The fourth-order valence-corrected chi connectivity index (χ4v) is 2.00. The van der Waals surface area contributed by atoms with E-state index >= 15 is 0 Å². The number of halogens is 2. The molecule has 0 amide bonds. The van der Waals surface area contributed by atoms with Crippen LogP contribution in [-0.4, -0.2) is 27.5 Å². The highest BCUT2D eigenvalue weighted by Crippen LogP contribution is 2.35. The Morgan fingerprint density at radius 1 is 1.45 bits per heavy atom. The van der Waals surface area contributed by atoms with Gasteiger partial charge in [-0.1, -0.05) is 12.1 Å². The summed E-state index contributed by atoms with van der Waals surface area (Å²) >= 11 is 0. The Hall–Kier alpha value is -2.44. The van der Waals surface area contributed by atoms with E-state index in [1.165, 1.54) is 24.0 Å². The number of carboxylic acids is 1. The lowest BCUT2D eigenvalue weighted by Crippen LogP contribution is -2.07. The van der Waals surface area contributed by atoms with Crippen LogP contribution in [0.5, 0.6) is 5.75 Å². The van der Waals surface area contributed by atoms with Gasteiger partial charge in [-0.05, 0) is 18.6 Å². The first-order valence-electron chi connectivity index (χ1n) is 5.72. The Bertz CT molecular complexity index is 653. The Labute approximate surface area is 113 Å². The van der Waals surface area contributed by atoms with E-state index < -0.39 is 12.6 Å². The van der Waals surface area contributed by atoms with Crippen LogP contribution in [0.2, 0.25) is 0 Å². The summed E-state index contributed by atoms with van der Waals surface area (Å²) in [6, 6.07) is 4.77. The first-order chi connectivity index (χ1) is 9.41. The van der Waals surface area contributed by atoms with Gasteiger partial charge in [0, 0.05) is 12.6 Å². The van der Waals surface area contributed by atoms with Gasteiger partial charge in [0.15, 0.2) is 0 Å². The highest BCUT2D eigenvalue weighted by Gasteiger charge is 2.22. The van der Waals surface area contributed by atoms with E-state index in [1.54, 1.807) is 19.1 Å². The van der Waals surface area contributed by atoms with Crippen molar-refractivity contribution < 1.29 is 23.4 Å². The smallest absolute Gasteiger partial charge is 0.387 e. The minimum absolute atomic E-state index is 0.0476. The number of rotatable bonds is 4. The normalized spacial score (nSPS) is 10.8. The molecule has 2 aromatic rings. The lowest BCUT2D eigenvalue weighted by molar-refractivity contribution is -0.0499. The largest absolute Gasteiger partial charge is 0.478 e. The number of alkyl halides is 2. The molecule has 0 unspecified atom stereocenters. The van der Waals surface area contributed by atoms with Gasteiger partial charge in [-0.15, -0.1) is 0 Å². The minimum atomic E-state index is -2.99. The molecule has 0 radical (unpaired) electrons. The molecule has 0 saturated carbocycles. The van der Waals surface area contributed by atoms with E-state index in [4.69, 9.17) is 5.11 Å². The summed E-state index contributed by atoms with van der Waals surface area (Å²) in [7, 11) is 1.54. The lowest BCUT2D eigenvalue weighted by Gasteiger charge is -2.14. The molecule has 1 aromatic carbocycles. The number of hydrogen-bond acceptors (Lipinski definition) is 3. The molecule has 1 heterocycles. The molecule has 0 aliphatic heterocycles. The molecular weight excluding hydrogens is 270 g/mol. The van der Waals surface area contributed by atoms with Gasteiger partial charge < -0.3 is 9.84 Å². The Kier molecular flexibility index (Phi) is 3.69. The number of benzene rings is 1. The second kappa shape index (κ2) is 5.28. The second-order valence-corrected chi connectivity index (χ2v) is 4.17. The van der Waals surface area contributed by atoms with Crippen LogP contribution in [0.4, 0.5) is 8.78 Å². The fraction of sp³-hybridized carbons (Fsp3) is 0.231. The van der Waals surface area contributed by atoms with Crippen LogP contribution in [0.15, 0.2) is 24.4 Å². The lowest BCUT2D eigenvalue weighted by atomic mass is 10.0. The maximum Gasteiger partial charge on any atom is 0.387 e. The molecule has 2 rings (SSSR count). The first kappa shape index (κ1) is 14.0. The van der Waals surface area contributed by atoms with Crippen LogP contribution in [-0.2, 0) is 7.05 Å². The summed E-state index contributed by atoms with van der Waals surface area (Å²) in [6.07, 6.45) is 1.17. The van der Waals surface area contributed by atoms with Gasteiger partial charge in [0.2, 0.25) is 0 Å². The Balaban J connectivity index is 2.67. The van der Waals surface area contributed by atoms with Gasteiger partial charge in [0.25, 0.3) is 0 Å². The molecule has 106 valence electrons. The summed E-state index contributed by atoms with van der Waals surface area (Å²) in [6.45, 7) is -1.38. The van der Waals surface area contributed by atoms with E-state index in [0.29, 0.717) is 5.56 Å². The van der Waals surface area contributed by atoms with Crippen molar-refractivity contribution in [3.8, 4) is 17.0 Å². The molecule has 0 aliphatic rings. The van der Waals surface area contributed by atoms with Crippen molar-refractivity contribution in [3.63, 3.8) is 0 Å². The molecule has 0 atom stereocenters. The van der Waals surface area contributed by atoms with Crippen molar-refractivity contribution in [2.45, 2.75) is 13.5 Å². The van der Waals surface area contributed by atoms with Crippen LogP contribution in [0.1, 0.15) is 15.9 Å². The molecule has 0 fully saturated rings. The van der Waals surface area contributed by atoms with E-state index in [0.717, 1.165) is 0 Å². The third-order valence-electron chi connectivity index (χ3n) is 2.84. The maximum absolute atomic E-state index is 12.5. The average Bonchev–Trinajstić information content (AvgIpc) is 2.73. The van der Waals surface area contributed by atoms with Crippen molar-refractivity contribution in [2.75, 3.05) is 0 Å². The Morgan fingerprint density at radius 2 is 2.15 bits per heavy atom. The zero-order valence-electron chi connectivity index (χ0n) is 10.8. The maximum atomic E-state index is 12.5. The van der Waals surface area contributed by atoms with Crippen LogP contribution in [0.25, 0.3) is 11.3 Å². The topological polar surface area (TPSA) is 64.3 Å². The number of ether oxygens (including phenoxy) is 1. The number of carboxylic acid groups (broad SMARTS) is 1. The van der Waals surface area contributed by atoms with Gasteiger partial charge in [-0.25, -0.2) is 4.79 Å². The van der Waals surface area contributed by atoms with Crippen LogP contribution < -0.4 is 4.74 Å². The first-order valence-corrected chi connectivity index (χ1v) is 5.72. The number of aryl methyl sites for hydroxylation is 2. The average molecular weight is 282 g/mol. The summed E-state index contributed by atoms with van der Waals surface area (Å²) in [4.78, 5) is 11.2. The molecule has 0 saturated heterocycles. The molecule has 0 bridgehead atoms. The molecule has 0 spiro atoms. The molecule has 7 heteroatoms. The number of nitrogens with zero attached hydrogens (tertiary/aromatic N) is 2. The number of para-hydroxylation sites is 1. The predicted octanol–water partition coefficient (Wildman–Crippen LogP) is 2.70. The van der Waals surface area contributed by atoms with Gasteiger partial charge in [-0.3, -0.25) is 4.68 Å². The third kappa shape index (κ3) is 2.47. The third-order valence-corrected chi connectivity index (χ3v) is 2.84. The SMILES string of the molecule is Cc1cccc(-c2c(C(=O)O)cnn2C)c1OC(F)F. The van der Waals surface area contributed by atoms with E-state index in [9.17, 15) is 13.6 Å². The van der Waals surface area contributed by atoms with Gasteiger partial charge >= 0.3 is 12.6 Å². The fourth-order valence-electron chi connectivity index (χ4n) is 2.00. The van der Waals surface area contributed by atoms with Crippen LogP contribution >= 0.6 is 0 Å². The summed E-state index contributed by atoms with van der Waals surface area (Å²) < 4.78 is 30.9. The van der Waals surface area contributed by atoms with Crippen molar-refractivity contribution in [1.29, 1.82) is 0 Å². The minimum Gasteiger partial charge on any atom is -0.478 e. The van der Waals surface area contributed by atoms with E-state index in [2.05, 4.69) is 9.84 Å². The zero-order valence-corrected chi connectivity index (χ0v) is 10.8. The highest BCUT2D eigenvalue weighted by atomic mass is 19.3. The molecule has 1 N–H and O–H groups in total. The molecule has 0 aliphatic carbocycles. The number of carbonyl (C=O) groups is 1. The van der Waals surface area contributed by atoms with Crippen molar-refractivity contribution in [1.82, 2.24) is 9.78 Å². The van der Waals surface area contributed by atoms with Gasteiger partial charge in [0.1, 0.15) is 11.3 Å². The Morgan fingerprint density at radius 3 is 2.75 bits per heavy atom. The van der Waals surface area contributed by atoms with E-state index in [-0.39, 0.29) is 22.6 Å². The zero-order chi connectivity index (χ0) is 14.9. The molecule has 1 aromatic heterocycles. The number of aromatic nitrogens is 2. The summed E-state index contributed by atoms with van der Waals surface area (Å²) in [5, 5.41) is 13.0. The van der Waals surface area contributed by atoms with Crippen LogP contribution in [0, 0.1) is 6.92 Å². The summed E-state index contributed by atoms with van der Waals surface area (Å²) in [5.74, 6) is -1.23. The monoisotopic (exact) mass is 282 g/mol. The number of hydrogen-bond donors (Lipinski definition) is 1. The standard InChI is InChI=1S/C13H12F2N2O3/c1-7-4-3-5-8(11(7)20-13(14)15)10-9(12(18)19)6-16-17(10)2/h3-6,13H,1-2H3,(H,18,19). The van der Waals surface area contributed by atoms with Gasteiger partial charge in [0.05, 0.1) is 11.9 Å². The van der Waals surface area contributed by atoms with Crippen molar-refractivity contribution >= 4 is 5.97 Å². The highest BCUT2D eigenvalue weighted by molar-refractivity contribution is 5.95. The predicted molar refractivity (Wildman–Crippen MR) is 67.0 cm³/mol. The second-order valence-electron chi connectivity index (χ2n) is 4.17. The van der Waals surface area contributed by atoms with Crippen molar-refractivity contribution in [3.05, 3.63) is 35.5 Å².